The molecule has 1 atom stereocenters. The van der Waals surface area contributed by atoms with Crippen LogP contribution in [0.15, 0.2) is 24.5 Å². The number of anilines is 1. The van der Waals surface area contributed by atoms with Crippen molar-refractivity contribution < 1.29 is 4.79 Å². The number of hydrogen-bond acceptors (Lipinski definition) is 3. The Morgan fingerprint density at radius 1 is 1.50 bits per heavy atom. The highest BCUT2D eigenvalue weighted by Crippen LogP contribution is 2.17. The van der Waals surface area contributed by atoms with Crippen molar-refractivity contribution in [3.63, 3.8) is 0 Å². The van der Waals surface area contributed by atoms with Crippen LogP contribution in [-0.2, 0) is 4.79 Å². The highest BCUT2D eigenvalue weighted by Gasteiger charge is 2.17. The van der Waals surface area contributed by atoms with Crippen LogP contribution < -0.4 is 10.6 Å². The van der Waals surface area contributed by atoms with Crippen LogP contribution in [0.1, 0.15) is 26.7 Å². The van der Waals surface area contributed by atoms with E-state index in [1.54, 1.807) is 24.3 Å². The molecule has 2 N–H and O–H groups in total. The highest BCUT2D eigenvalue weighted by molar-refractivity contribution is 5.92. The predicted molar refractivity (Wildman–Crippen MR) is 74.3 cm³/mol. The average Bonchev–Trinajstić information content (AvgIpc) is 2.37. The van der Waals surface area contributed by atoms with Gasteiger partial charge in [0.1, 0.15) is 0 Å². The normalized spacial score (nSPS) is 12.5. The molecule has 0 saturated heterocycles. The number of nitrogens with two attached hydrogens (primary N) is 1. The van der Waals surface area contributed by atoms with Crippen LogP contribution in [-0.4, -0.2) is 24.5 Å². The van der Waals surface area contributed by atoms with Gasteiger partial charge in [0.05, 0.1) is 11.9 Å². The number of pyridine rings is 1. The van der Waals surface area contributed by atoms with Crippen molar-refractivity contribution in [2.75, 3.05) is 18.5 Å². The van der Waals surface area contributed by atoms with E-state index in [2.05, 4.69) is 18.8 Å². The van der Waals surface area contributed by atoms with Crippen LogP contribution >= 0.6 is 0 Å². The van der Waals surface area contributed by atoms with Gasteiger partial charge in [0.25, 0.3) is 0 Å². The van der Waals surface area contributed by atoms with Gasteiger partial charge in [-0.1, -0.05) is 13.8 Å². The van der Waals surface area contributed by atoms with E-state index >= 15 is 0 Å². The van der Waals surface area contributed by atoms with E-state index in [0.29, 0.717) is 18.9 Å². The maximum Gasteiger partial charge on any atom is 0.227 e. The minimum atomic E-state index is 0.0964. The second kappa shape index (κ2) is 7.11. The maximum absolute atomic E-state index is 12.1. The lowest BCUT2D eigenvalue weighted by Gasteiger charge is -2.21. The summed E-state index contributed by atoms with van der Waals surface area (Å²) >= 11 is 0. The Bertz CT molecular complexity index is 365. The van der Waals surface area contributed by atoms with Crippen molar-refractivity contribution >= 4 is 11.6 Å². The standard InChI is InChI=1S/C14H23N3O/c1-11(2)7-12(9-15)8-14(18)17(3)13-5-4-6-16-10-13/h4-6,10-12H,7-9,15H2,1-3H3. The first-order chi connectivity index (χ1) is 8.54. The van der Waals surface area contributed by atoms with Crippen LogP contribution in [0.2, 0.25) is 0 Å². The molecule has 0 bridgehead atoms. The van der Waals surface area contributed by atoms with E-state index in [4.69, 9.17) is 5.73 Å². The molecule has 4 nitrogen and oxygen atoms in total. The zero-order valence-corrected chi connectivity index (χ0v) is 11.5. The first-order valence-electron chi connectivity index (χ1n) is 6.41. The molecule has 0 fully saturated rings. The van der Waals surface area contributed by atoms with Gasteiger partial charge >= 0.3 is 0 Å². The van der Waals surface area contributed by atoms with Crippen molar-refractivity contribution in [3.05, 3.63) is 24.5 Å². The second-order valence-electron chi connectivity index (χ2n) is 5.10. The Balaban J connectivity index is 2.59. The molecule has 0 aliphatic carbocycles. The molecule has 1 unspecified atom stereocenters. The van der Waals surface area contributed by atoms with E-state index in [1.807, 2.05) is 12.1 Å². The third-order valence-corrected chi connectivity index (χ3v) is 3.01. The van der Waals surface area contributed by atoms with Gasteiger partial charge in [-0.3, -0.25) is 9.78 Å². The minimum Gasteiger partial charge on any atom is -0.330 e. The number of aromatic nitrogens is 1. The number of carbonyl (C=O) groups is 1. The van der Waals surface area contributed by atoms with Crippen LogP contribution in [0.4, 0.5) is 5.69 Å². The quantitative estimate of drug-likeness (QED) is 0.839. The summed E-state index contributed by atoms with van der Waals surface area (Å²) in [4.78, 5) is 17.8. The molecule has 0 aliphatic heterocycles. The van der Waals surface area contributed by atoms with Gasteiger partial charge in [-0.2, -0.15) is 0 Å². The summed E-state index contributed by atoms with van der Waals surface area (Å²) in [6, 6.07) is 3.71. The first-order valence-corrected chi connectivity index (χ1v) is 6.41. The molecule has 0 aliphatic rings. The predicted octanol–water partition coefficient (Wildman–Crippen LogP) is 2.06. The zero-order valence-electron chi connectivity index (χ0n) is 11.5. The molecule has 0 spiro atoms. The molecular formula is C14H23N3O. The molecule has 18 heavy (non-hydrogen) atoms. The van der Waals surface area contributed by atoms with E-state index in [0.717, 1.165) is 12.1 Å². The molecule has 1 aromatic rings. The molecular weight excluding hydrogens is 226 g/mol. The number of nitrogens with zero attached hydrogens (tertiary/aromatic N) is 2. The summed E-state index contributed by atoms with van der Waals surface area (Å²) in [6.45, 7) is 4.86. The average molecular weight is 249 g/mol. The highest BCUT2D eigenvalue weighted by atomic mass is 16.2. The van der Waals surface area contributed by atoms with E-state index in [9.17, 15) is 4.79 Å². The van der Waals surface area contributed by atoms with E-state index < -0.39 is 0 Å². The molecule has 0 radical (unpaired) electrons. The molecule has 4 heteroatoms. The number of amides is 1. The van der Waals surface area contributed by atoms with Crippen LogP contribution in [0.25, 0.3) is 0 Å². The van der Waals surface area contributed by atoms with Crippen molar-refractivity contribution in [2.45, 2.75) is 26.7 Å². The fraction of sp³-hybridized carbons (Fsp3) is 0.571. The molecule has 1 aromatic heterocycles. The molecule has 0 saturated carbocycles. The number of carbonyl (C=O) groups excluding carboxylic acids is 1. The van der Waals surface area contributed by atoms with Gasteiger partial charge in [0.2, 0.25) is 5.91 Å². The fourth-order valence-electron chi connectivity index (χ4n) is 2.01. The summed E-state index contributed by atoms with van der Waals surface area (Å²) in [7, 11) is 1.78. The van der Waals surface area contributed by atoms with Gasteiger partial charge in [0.15, 0.2) is 0 Å². The van der Waals surface area contributed by atoms with Crippen LogP contribution in [0, 0.1) is 11.8 Å². The Labute approximate surface area is 109 Å². The lowest BCUT2D eigenvalue weighted by atomic mass is 9.94. The summed E-state index contributed by atoms with van der Waals surface area (Å²) < 4.78 is 0. The SMILES string of the molecule is CC(C)CC(CN)CC(=O)N(C)c1cccnc1. The summed E-state index contributed by atoms with van der Waals surface area (Å²) in [5.74, 6) is 0.922. The topological polar surface area (TPSA) is 59.2 Å². The minimum absolute atomic E-state index is 0.0964. The Morgan fingerprint density at radius 3 is 2.72 bits per heavy atom. The molecule has 1 amide bonds. The zero-order chi connectivity index (χ0) is 13.5. The molecule has 0 aromatic carbocycles. The van der Waals surface area contributed by atoms with Gasteiger partial charge in [-0.25, -0.2) is 0 Å². The molecule has 1 heterocycles. The second-order valence-corrected chi connectivity index (χ2v) is 5.10. The lowest BCUT2D eigenvalue weighted by molar-refractivity contribution is -0.119. The van der Waals surface area contributed by atoms with E-state index in [1.165, 1.54) is 0 Å². The maximum atomic E-state index is 12.1. The Kier molecular flexibility index (Phi) is 5.78. The summed E-state index contributed by atoms with van der Waals surface area (Å²) in [6.07, 6.45) is 4.88. The van der Waals surface area contributed by atoms with E-state index in [-0.39, 0.29) is 11.8 Å². The molecule has 100 valence electrons. The van der Waals surface area contributed by atoms with Crippen molar-refractivity contribution in [1.29, 1.82) is 0 Å². The smallest absolute Gasteiger partial charge is 0.227 e. The third kappa shape index (κ3) is 4.45. The monoisotopic (exact) mass is 249 g/mol. The third-order valence-electron chi connectivity index (χ3n) is 3.01. The van der Waals surface area contributed by atoms with Crippen LogP contribution in [0.5, 0.6) is 0 Å². The van der Waals surface area contributed by atoms with Gasteiger partial charge in [0, 0.05) is 19.7 Å². The molecule has 1 rings (SSSR count). The number of hydrogen-bond donors (Lipinski definition) is 1. The fourth-order valence-corrected chi connectivity index (χ4v) is 2.01. The largest absolute Gasteiger partial charge is 0.330 e. The van der Waals surface area contributed by atoms with Gasteiger partial charge < -0.3 is 10.6 Å². The van der Waals surface area contributed by atoms with Crippen LogP contribution in [0.3, 0.4) is 0 Å². The Hall–Kier alpha value is -1.42. The lowest BCUT2D eigenvalue weighted by Crippen LogP contribution is -2.30. The van der Waals surface area contributed by atoms with Crippen molar-refractivity contribution in [1.82, 2.24) is 4.98 Å². The van der Waals surface area contributed by atoms with Gasteiger partial charge in [-0.15, -0.1) is 0 Å². The van der Waals surface area contributed by atoms with Gasteiger partial charge in [-0.05, 0) is 36.9 Å². The number of rotatable bonds is 6. The van der Waals surface area contributed by atoms with Crippen molar-refractivity contribution in [2.24, 2.45) is 17.6 Å². The summed E-state index contributed by atoms with van der Waals surface area (Å²) in [5.41, 5.74) is 6.55. The first kappa shape index (κ1) is 14.6. The van der Waals surface area contributed by atoms with Crippen molar-refractivity contribution in [3.8, 4) is 0 Å². The summed E-state index contributed by atoms with van der Waals surface area (Å²) in [5, 5.41) is 0. The Morgan fingerprint density at radius 2 is 2.22 bits per heavy atom.